The van der Waals surface area contributed by atoms with E-state index in [1.54, 1.807) is 6.92 Å². The second kappa shape index (κ2) is 9.41. The van der Waals surface area contributed by atoms with Gasteiger partial charge in [-0.3, -0.25) is 4.79 Å². The predicted molar refractivity (Wildman–Crippen MR) is 82.5 cm³/mol. The van der Waals surface area contributed by atoms with Crippen LogP contribution in [0.1, 0.15) is 66.2 Å². The Bertz CT molecular complexity index is 297. The molecule has 0 fully saturated rings. The van der Waals surface area contributed by atoms with E-state index in [4.69, 9.17) is 0 Å². The molecule has 0 aliphatic rings. The molecular weight excluding hydrogens is 272 g/mol. The van der Waals surface area contributed by atoms with E-state index in [-0.39, 0.29) is 23.9 Å². The number of rotatable bonds is 9. The van der Waals surface area contributed by atoms with Crippen molar-refractivity contribution in [2.45, 2.75) is 71.8 Å². The second-order valence-electron chi connectivity index (χ2n) is 6.15. The number of hydrogen-bond donors (Lipinski definition) is 1. The van der Waals surface area contributed by atoms with Gasteiger partial charge in [-0.25, -0.2) is 4.59 Å². The van der Waals surface area contributed by atoms with Crippen molar-refractivity contribution in [3.63, 3.8) is 0 Å². The van der Waals surface area contributed by atoms with Crippen molar-refractivity contribution in [1.29, 1.82) is 0 Å². The Hall–Kier alpha value is -0.540. The number of carbonyl (C=O) groups excluding carboxylic acids is 1. The smallest absolute Gasteiger partial charge is 0.291 e. The van der Waals surface area contributed by atoms with Crippen LogP contribution in [0.3, 0.4) is 0 Å². The summed E-state index contributed by atoms with van der Waals surface area (Å²) in [5.74, 6) is -0.0438. The molecule has 0 aliphatic carbocycles. The van der Waals surface area contributed by atoms with Crippen molar-refractivity contribution in [2.75, 3.05) is 14.1 Å². The molecule has 3 nitrogen and oxygen atoms in total. The van der Waals surface area contributed by atoms with Gasteiger partial charge in [-0.15, -0.1) is 0 Å². The van der Waals surface area contributed by atoms with Gasteiger partial charge < -0.3 is 12.4 Å². The number of halogens is 1. The molecule has 120 valence electrons. The standard InChI is InChI=1S/C16H32N2O.ClH/c1-8-11-16(12-9-2,13-10-3)18(6,7)17-15(19)14(4)5;/h4,8-13H2,1-3,5-7H3;1H. The van der Waals surface area contributed by atoms with E-state index >= 15 is 0 Å². The Labute approximate surface area is 131 Å². The van der Waals surface area contributed by atoms with E-state index in [2.05, 4.69) is 46.9 Å². The Balaban J connectivity index is 0. The van der Waals surface area contributed by atoms with Gasteiger partial charge in [0.05, 0.1) is 14.1 Å². The summed E-state index contributed by atoms with van der Waals surface area (Å²) in [6, 6.07) is 0. The molecule has 0 heterocycles. The van der Waals surface area contributed by atoms with E-state index in [1.165, 1.54) is 0 Å². The third-order valence-corrected chi connectivity index (χ3v) is 4.10. The number of hydrogen-bond acceptors (Lipinski definition) is 1. The lowest BCUT2D eigenvalue weighted by Crippen LogP contribution is -3.00. The minimum absolute atomic E-state index is 0. The molecule has 0 aromatic heterocycles. The van der Waals surface area contributed by atoms with E-state index in [0.29, 0.717) is 10.2 Å². The average Bonchev–Trinajstić information content (AvgIpc) is 2.28. The topological polar surface area (TPSA) is 29.1 Å². The summed E-state index contributed by atoms with van der Waals surface area (Å²) >= 11 is 0. The van der Waals surface area contributed by atoms with Crippen molar-refractivity contribution >= 4 is 5.91 Å². The molecule has 0 radical (unpaired) electrons. The Morgan fingerprint density at radius 3 is 1.65 bits per heavy atom. The monoisotopic (exact) mass is 304 g/mol. The maximum Gasteiger partial charge on any atom is 0.291 e. The van der Waals surface area contributed by atoms with E-state index < -0.39 is 0 Å². The molecule has 0 atom stereocenters. The molecule has 0 bridgehead atoms. The third-order valence-electron chi connectivity index (χ3n) is 4.10. The predicted octanol–water partition coefficient (Wildman–Crippen LogP) is 0.813. The zero-order valence-corrected chi connectivity index (χ0v) is 14.9. The zero-order chi connectivity index (χ0) is 15.1. The average molecular weight is 305 g/mol. The van der Waals surface area contributed by atoms with Crippen LogP contribution in [0.15, 0.2) is 12.2 Å². The van der Waals surface area contributed by atoms with E-state index in [1.807, 2.05) is 0 Å². The van der Waals surface area contributed by atoms with Gasteiger partial charge in [0, 0.05) is 24.8 Å². The quantitative estimate of drug-likeness (QED) is 0.381. The molecule has 0 rings (SSSR count). The van der Waals surface area contributed by atoms with Crippen molar-refractivity contribution in [3.8, 4) is 0 Å². The molecule has 0 aliphatic heterocycles. The van der Waals surface area contributed by atoms with Crippen LogP contribution in [-0.2, 0) is 4.79 Å². The van der Waals surface area contributed by atoms with Crippen LogP contribution in [0.4, 0.5) is 0 Å². The molecule has 0 saturated heterocycles. The minimum Gasteiger partial charge on any atom is -1.00 e. The summed E-state index contributed by atoms with van der Waals surface area (Å²) in [6.07, 6.45) is 6.84. The Morgan fingerprint density at radius 1 is 1.05 bits per heavy atom. The van der Waals surface area contributed by atoms with E-state index in [0.717, 1.165) is 38.5 Å². The highest BCUT2D eigenvalue weighted by molar-refractivity contribution is 5.91. The molecule has 0 saturated carbocycles. The first-order chi connectivity index (χ1) is 8.76. The van der Waals surface area contributed by atoms with Crippen molar-refractivity contribution < 1.29 is 21.8 Å². The third kappa shape index (κ3) is 5.45. The zero-order valence-electron chi connectivity index (χ0n) is 14.2. The Kier molecular flexibility index (Phi) is 10.2. The van der Waals surface area contributed by atoms with Crippen molar-refractivity contribution in [2.24, 2.45) is 0 Å². The highest BCUT2D eigenvalue weighted by atomic mass is 35.5. The molecule has 0 unspecified atom stereocenters. The van der Waals surface area contributed by atoms with Crippen molar-refractivity contribution in [1.82, 2.24) is 5.43 Å². The van der Waals surface area contributed by atoms with E-state index in [9.17, 15) is 4.79 Å². The molecule has 4 heteroatoms. The molecular formula is C16H33ClN2O. The summed E-state index contributed by atoms with van der Waals surface area (Å²) in [6.45, 7) is 12.2. The van der Waals surface area contributed by atoms with Gasteiger partial charge in [0.15, 0.2) is 0 Å². The van der Waals surface area contributed by atoms with Crippen LogP contribution in [-0.4, -0.2) is 30.1 Å². The number of carbonyl (C=O) groups is 1. The van der Waals surface area contributed by atoms with Gasteiger partial charge in [-0.1, -0.05) is 46.6 Å². The van der Waals surface area contributed by atoms with Crippen LogP contribution >= 0.6 is 0 Å². The number of nitrogens with one attached hydrogen (secondary N) is 1. The first-order valence-electron chi connectivity index (χ1n) is 7.58. The Morgan fingerprint density at radius 2 is 1.40 bits per heavy atom. The lowest BCUT2D eigenvalue weighted by molar-refractivity contribution is -0.975. The van der Waals surface area contributed by atoms with Crippen molar-refractivity contribution in [3.05, 3.63) is 12.2 Å². The maximum atomic E-state index is 12.0. The molecule has 20 heavy (non-hydrogen) atoms. The highest BCUT2D eigenvalue weighted by Crippen LogP contribution is 2.34. The van der Waals surface area contributed by atoms with Gasteiger partial charge in [0.1, 0.15) is 5.54 Å². The molecule has 1 amide bonds. The summed E-state index contributed by atoms with van der Waals surface area (Å²) in [5, 5.41) is 0. The fourth-order valence-electron chi connectivity index (χ4n) is 3.08. The lowest BCUT2D eigenvalue weighted by Gasteiger charge is -2.48. The van der Waals surface area contributed by atoms with Gasteiger partial charge in [-0.2, -0.15) is 5.43 Å². The highest BCUT2D eigenvalue weighted by Gasteiger charge is 2.44. The molecule has 0 aromatic carbocycles. The first kappa shape index (κ1) is 21.8. The summed E-state index contributed by atoms with van der Waals surface area (Å²) in [7, 11) is 4.23. The number of quaternary nitrogens is 1. The minimum atomic E-state index is -0.0438. The second-order valence-corrected chi connectivity index (χ2v) is 6.15. The molecule has 0 aromatic rings. The van der Waals surface area contributed by atoms with Crippen LogP contribution in [0.25, 0.3) is 0 Å². The molecule has 1 N–H and O–H groups in total. The summed E-state index contributed by atoms with van der Waals surface area (Å²) < 4.78 is 0.550. The maximum absolute atomic E-state index is 12.0. The van der Waals surface area contributed by atoms with Crippen LogP contribution in [0.5, 0.6) is 0 Å². The van der Waals surface area contributed by atoms with Crippen LogP contribution in [0.2, 0.25) is 0 Å². The first-order valence-corrected chi connectivity index (χ1v) is 7.58. The number of nitrogens with zero attached hydrogens (tertiary/aromatic N) is 1. The SMILES string of the molecule is C=C(C)C(=O)N[N+](C)(C)C(CCC)(CCC)CCC.[Cl-]. The number of amides is 1. The normalized spacial score (nSPS) is 11.7. The van der Waals surface area contributed by atoms with Crippen LogP contribution < -0.4 is 17.8 Å². The van der Waals surface area contributed by atoms with Gasteiger partial charge in [0.2, 0.25) is 0 Å². The summed E-state index contributed by atoms with van der Waals surface area (Å²) in [5.41, 5.74) is 3.85. The lowest BCUT2D eigenvalue weighted by atomic mass is 9.82. The van der Waals surface area contributed by atoms with Gasteiger partial charge in [0.25, 0.3) is 5.91 Å². The van der Waals surface area contributed by atoms with Gasteiger partial charge in [-0.05, 0) is 6.92 Å². The van der Waals surface area contributed by atoms with Crippen LogP contribution in [0, 0.1) is 0 Å². The fraction of sp³-hybridized carbons (Fsp3) is 0.812. The summed E-state index contributed by atoms with van der Waals surface area (Å²) in [4.78, 5) is 12.0. The fourth-order valence-corrected chi connectivity index (χ4v) is 3.08. The largest absolute Gasteiger partial charge is 1.00 e. The van der Waals surface area contributed by atoms with Gasteiger partial charge >= 0.3 is 0 Å². The molecule has 0 spiro atoms.